The third kappa shape index (κ3) is 6.16. The summed E-state index contributed by atoms with van der Waals surface area (Å²) < 4.78 is 6.43. The van der Waals surface area contributed by atoms with E-state index in [0.29, 0.717) is 6.61 Å². The van der Waals surface area contributed by atoms with Gasteiger partial charge in [0.05, 0.1) is 8.07 Å². The number of para-hydroxylation sites is 1. The summed E-state index contributed by atoms with van der Waals surface area (Å²) in [5.74, 6) is 1.03. The van der Waals surface area contributed by atoms with E-state index in [-0.39, 0.29) is 16.4 Å². The minimum atomic E-state index is -2.26. The van der Waals surface area contributed by atoms with Crippen LogP contribution in [0.15, 0.2) is 116 Å². The fourth-order valence-corrected chi connectivity index (χ4v) is 11.1. The maximum atomic E-state index is 6.43. The molecule has 0 saturated carbocycles. The zero-order valence-electron chi connectivity index (χ0n) is 29.8. The molecule has 47 heavy (non-hydrogen) atoms. The maximum absolute atomic E-state index is 6.43. The van der Waals surface area contributed by atoms with Gasteiger partial charge in [-0.25, -0.2) is 0 Å². The molecule has 0 spiro atoms. The van der Waals surface area contributed by atoms with Crippen molar-refractivity contribution in [2.45, 2.75) is 77.9 Å². The van der Waals surface area contributed by atoms with Crippen molar-refractivity contribution >= 4 is 13.3 Å². The summed E-state index contributed by atoms with van der Waals surface area (Å²) in [5, 5.41) is 1.36. The minimum Gasteiger partial charge on any atom is -0.489 e. The zero-order valence-corrected chi connectivity index (χ0v) is 30.8. The van der Waals surface area contributed by atoms with E-state index in [0.717, 1.165) is 5.75 Å². The Labute approximate surface area is 284 Å². The summed E-state index contributed by atoms with van der Waals surface area (Å²) in [6, 6.07) is 39.3. The molecule has 0 aromatic heterocycles. The first kappa shape index (κ1) is 32.8. The van der Waals surface area contributed by atoms with Crippen LogP contribution >= 0.6 is 0 Å². The fraction of sp³-hybridized carbons (Fsp3) is 0.289. The number of rotatable bonds is 7. The molecule has 6 rings (SSSR count). The highest BCUT2D eigenvalue weighted by Crippen LogP contribution is 2.51. The van der Waals surface area contributed by atoms with E-state index in [2.05, 4.69) is 171 Å². The Hall–Kier alpha value is -4.14. The van der Waals surface area contributed by atoms with Gasteiger partial charge in [0.15, 0.2) is 0 Å². The first-order valence-electron chi connectivity index (χ1n) is 17.0. The molecule has 0 atom stereocenters. The van der Waals surface area contributed by atoms with E-state index in [4.69, 9.17) is 4.74 Å². The molecule has 0 unspecified atom stereocenters. The molecule has 0 N–H and O–H groups in total. The monoisotopic (exact) mass is 634 g/mol. The minimum absolute atomic E-state index is 0.0914. The molecule has 0 amide bonds. The predicted octanol–water partition coefficient (Wildman–Crippen LogP) is 11.8. The van der Waals surface area contributed by atoms with Gasteiger partial charge in [0, 0.05) is 5.54 Å². The lowest BCUT2D eigenvalue weighted by atomic mass is 9.85. The Kier molecular flexibility index (Phi) is 8.47. The normalized spacial score (nSPS) is 13.3. The molecule has 0 fully saturated rings. The summed E-state index contributed by atoms with van der Waals surface area (Å²) in [6.45, 7) is 25.4. The van der Waals surface area contributed by atoms with Crippen LogP contribution in [0.3, 0.4) is 0 Å². The van der Waals surface area contributed by atoms with Crippen LogP contribution in [0.1, 0.15) is 74.9 Å². The van der Waals surface area contributed by atoms with E-state index in [1.807, 2.05) is 6.08 Å². The van der Waals surface area contributed by atoms with E-state index in [1.165, 1.54) is 66.4 Å². The average Bonchev–Trinajstić information content (AvgIpc) is 3.37. The SMILES string of the molecule is C=CCOc1c(C)cccc1[Si](C)(C)C1c2cc(-c3cccc(C(C)(C)C)c3)ccc2-c2ccc(-c3cccc(C(C)(C)C)c3)cc21. The van der Waals surface area contributed by atoms with Gasteiger partial charge in [-0.1, -0.05) is 170 Å². The Bertz CT molecular complexity index is 1860. The highest BCUT2D eigenvalue weighted by molar-refractivity contribution is 6.92. The van der Waals surface area contributed by atoms with Crippen molar-refractivity contribution in [3.63, 3.8) is 0 Å². The molecule has 1 aliphatic rings. The second-order valence-electron chi connectivity index (χ2n) is 16.0. The van der Waals surface area contributed by atoms with E-state index in [1.54, 1.807) is 0 Å². The molecular formula is C45H50OSi. The number of aryl methyl sites for hydroxylation is 1. The topological polar surface area (TPSA) is 9.23 Å². The Balaban J connectivity index is 1.56. The molecule has 0 aliphatic heterocycles. The molecule has 1 nitrogen and oxygen atoms in total. The van der Waals surface area contributed by atoms with Gasteiger partial charge in [0.1, 0.15) is 12.4 Å². The summed E-state index contributed by atoms with van der Waals surface area (Å²) in [5.41, 5.74) is 15.1. The summed E-state index contributed by atoms with van der Waals surface area (Å²) in [7, 11) is -2.26. The standard InChI is InChI=1S/C45H50OSi/c1-11-25-46-42-30(2)15-12-20-41(42)47(9,10)43-39-28-33(31-16-13-18-35(26-31)44(3,4)5)21-23-37(39)38-24-22-34(29-40(38)43)32-17-14-19-36(27-32)45(6,7)8/h11-24,26-29,43H,1,25H2,2-10H3. The number of benzene rings is 5. The molecular weight excluding hydrogens is 585 g/mol. The molecule has 5 aromatic carbocycles. The van der Waals surface area contributed by atoms with Crippen molar-refractivity contribution in [2.24, 2.45) is 0 Å². The Morgan fingerprint density at radius 1 is 0.638 bits per heavy atom. The summed E-state index contributed by atoms with van der Waals surface area (Å²) in [6.07, 6.45) is 1.85. The lowest BCUT2D eigenvalue weighted by Gasteiger charge is -2.34. The largest absolute Gasteiger partial charge is 0.489 e. The zero-order chi connectivity index (χ0) is 33.7. The summed E-state index contributed by atoms with van der Waals surface area (Å²) in [4.78, 5) is 0. The number of hydrogen-bond donors (Lipinski definition) is 0. The quantitative estimate of drug-likeness (QED) is 0.128. The Morgan fingerprint density at radius 2 is 1.11 bits per heavy atom. The Morgan fingerprint density at radius 3 is 1.57 bits per heavy atom. The maximum Gasteiger partial charge on any atom is 0.121 e. The molecule has 240 valence electrons. The molecule has 0 saturated heterocycles. The van der Waals surface area contributed by atoms with Crippen molar-refractivity contribution in [1.29, 1.82) is 0 Å². The third-order valence-electron chi connectivity index (χ3n) is 10.1. The number of hydrogen-bond acceptors (Lipinski definition) is 1. The average molecular weight is 635 g/mol. The van der Waals surface area contributed by atoms with E-state index >= 15 is 0 Å². The second-order valence-corrected chi connectivity index (χ2v) is 20.5. The molecule has 1 aliphatic carbocycles. The van der Waals surface area contributed by atoms with Crippen molar-refractivity contribution in [3.8, 4) is 39.1 Å². The highest BCUT2D eigenvalue weighted by Gasteiger charge is 2.44. The summed E-state index contributed by atoms with van der Waals surface area (Å²) >= 11 is 0. The van der Waals surface area contributed by atoms with Crippen LogP contribution in [0, 0.1) is 6.92 Å². The van der Waals surface area contributed by atoms with Gasteiger partial charge in [0.2, 0.25) is 0 Å². The van der Waals surface area contributed by atoms with Gasteiger partial charge < -0.3 is 4.74 Å². The first-order valence-corrected chi connectivity index (χ1v) is 20.1. The van der Waals surface area contributed by atoms with E-state index in [9.17, 15) is 0 Å². The molecule has 2 heteroatoms. The first-order chi connectivity index (χ1) is 22.2. The van der Waals surface area contributed by atoms with Crippen molar-refractivity contribution in [1.82, 2.24) is 0 Å². The number of ether oxygens (including phenoxy) is 1. The van der Waals surface area contributed by atoms with Crippen LogP contribution < -0.4 is 9.92 Å². The van der Waals surface area contributed by atoms with Crippen LogP contribution in [-0.4, -0.2) is 14.7 Å². The molecule has 5 aromatic rings. The van der Waals surface area contributed by atoms with Crippen LogP contribution in [0.25, 0.3) is 33.4 Å². The smallest absolute Gasteiger partial charge is 0.121 e. The van der Waals surface area contributed by atoms with Gasteiger partial charge in [0.25, 0.3) is 0 Å². The van der Waals surface area contributed by atoms with Crippen LogP contribution in [0.2, 0.25) is 13.1 Å². The van der Waals surface area contributed by atoms with Crippen molar-refractivity contribution < 1.29 is 4.74 Å². The second kappa shape index (κ2) is 12.1. The van der Waals surface area contributed by atoms with Crippen LogP contribution in [0.5, 0.6) is 5.75 Å². The lowest BCUT2D eigenvalue weighted by molar-refractivity contribution is 0.363. The molecule has 0 radical (unpaired) electrons. The molecule has 0 bridgehead atoms. The van der Waals surface area contributed by atoms with Crippen LogP contribution in [0.4, 0.5) is 0 Å². The van der Waals surface area contributed by atoms with Gasteiger partial charge in [-0.3, -0.25) is 0 Å². The van der Waals surface area contributed by atoms with Crippen molar-refractivity contribution in [2.75, 3.05) is 6.61 Å². The van der Waals surface area contributed by atoms with Gasteiger partial charge >= 0.3 is 0 Å². The van der Waals surface area contributed by atoms with Crippen molar-refractivity contribution in [3.05, 3.63) is 144 Å². The van der Waals surface area contributed by atoms with Gasteiger partial charge in [-0.2, -0.15) is 0 Å². The molecule has 0 heterocycles. The van der Waals surface area contributed by atoms with Gasteiger partial charge in [-0.05, 0) is 84.1 Å². The van der Waals surface area contributed by atoms with E-state index < -0.39 is 8.07 Å². The lowest BCUT2D eigenvalue weighted by Crippen LogP contribution is -2.48. The fourth-order valence-electron chi connectivity index (χ4n) is 7.38. The highest BCUT2D eigenvalue weighted by atomic mass is 28.3. The number of fused-ring (bicyclic) bond motifs is 3. The predicted molar refractivity (Wildman–Crippen MR) is 206 cm³/mol. The van der Waals surface area contributed by atoms with Gasteiger partial charge in [-0.15, -0.1) is 0 Å². The van der Waals surface area contributed by atoms with Crippen LogP contribution in [-0.2, 0) is 10.8 Å². The third-order valence-corrected chi connectivity index (χ3v) is 14.0.